The third-order valence-corrected chi connectivity index (χ3v) is 3.80. The summed E-state index contributed by atoms with van der Waals surface area (Å²) >= 11 is 0. The average Bonchev–Trinajstić information content (AvgIpc) is 2.61. The number of benzene rings is 2. The highest BCUT2D eigenvalue weighted by Crippen LogP contribution is 2.27. The molecule has 7 heteroatoms. The number of hydrogen-bond acceptors (Lipinski definition) is 5. The number of rotatable bonds is 3. The summed E-state index contributed by atoms with van der Waals surface area (Å²) < 4.78 is 10.4. The number of methoxy groups -OCH3 is 1. The van der Waals surface area contributed by atoms with Crippen molar-refractivity contribution in [2.75, 3.05) is 12.4 Å². The van der Waals surface area contributed by atoms with Gasteiger partial charge in [-0.1, -0.05) is 12.1 Å². The molecule has 0 spiro atoms. The maximum absolute atomic E-state index is 12.1. The van der Waals surface area contributed by atoms with Crippen molar-refractivity contribution in [1.29, 1.82) is 0 Å². The molecule has 0 fully saturated rings. The highest BCUT2D eigenvalue weighted by molar-refractivity contribution is 5.95. The second kappa shape index (κ2) is 7.11. The van der Waals surface area contributed by atoms with Crippen LogP contribution in [0, 0.1) is 0 Å². The molecule has 2 N–H and O–H groups in total. The van der Waals surface area contributed by atoms with Gasteiger partial charge in [-0.05, 0) is 51.1 Å². The van der Waals surface area contributed by atoms with E-state index >= 15 is 0 Å². The first kappa shape index (κ1) is 18.4. The Labute approximate surface area is 156 Å². The van der Waals surface area contributed by atoms with Crippen molar-refractivity contribution < 1.29 is 14.3 Å². The number of carbonyl (C=O) groups is 1. The number of fused-ring (bicyclic) bond motifs is 1. The standard InChI is InChI=1S/C20H21N3O4/c1-20(2,3)27-19(25)21-13-7-5-12(6-8-13)17-15-10-9-14(26-4)11-16(15)18(24)23-22-17/h5-11H,1-4H3,(H,21,25)(H,23,24). The van der Waals surface area contributed by atoms with Crippen molar-refractivity contribution in [3.8, 4) is 17.0 Å². The summed E-state index contributed by atoms with van der Waals surface area (Å²) in [6.45, 7) is 5.41. The SMILES string of the molecule is COc1ccc2c(-c3ccc(NC(=O)OC(C)(C)C)cc3)n[nH]c(=O)c2c1. The number of H-pyrrole nitrogens is 1. The molecule has 27 heavy (non-hydrogen) atoms. The largest absolute Gasteiger partial charge is 0.497 e. The van der Waals surface area contributed by atoms with Crippen LogP contribution in [0.2, 0.25) is 0 Å². The molecule has 1 heterocycles. The zero-order valence-corrected chi connectivity index (χ0v) is 15.6. The Balaban J connectivity index is 1.90. The Morgan fingerprint density at radius 1 is 1.07 bits per heavy atom. The van der Waals surface area contributed by atoms with Gasteiger partial charge < -0.3 is 9.47 Å². The fourth-order valence-corrected chi connectivity index (χ4v) is 2.62. The van der Waals surface area contributed by atoms with Crippen LogP contribution in [-0.4, -0.2) is 29.0 Å². The van der Waals surface area contributed by atoms with Crippen LogP contribution in [0.3, 0.4) is 0 Å². The minimum absolute atomic E-state index is 0.282. The van der Waals surface area contributed by atoms with E-state index in [2.05, 4.69) is 15.5 Å². The Bertz CT molecular complexity index is 1030. The topological polar surface area (TPSA) is 93.3 Å². The van der Waals surface area contributed by atoms with E-state index in [-0.39, 0.29) is 5.56 Å². The van der Waals surface area contributed by atoms with Gasteiger partial charge >= 0.3 is 6.09 Å². The second-order valence-corrected chi connectivity index (χ2v) is 7.02. The summed E-state index contributed by atoms with van der Waals surface area (Å²) in [5, 5.41) is 10.6. The number of aromatic nitrogens is 2. The maximum atomic E-state index is 12.1. The first-order chi connectivity index (χ1) is 12.8. The molecular formula is C20H21N3O4. The monoisotopic (exact) mass is 367 g/mol. The normalized spacial score (nSPS) is 11.3. The molecule has 0 radical (unpaired) electrons. The van der Waals surface area contributed by atoms with Gasteiger partial charge in [-0.25, -0.2) is 9.89 Å². The Hall–Kier alpha value is -3.35. The number of anilines is 1. The van der Waals surface area contributed by atoms with Gasteiger partial charge in [-0.15, -0.1) is 0 Å². The molecule has 0 atom stereocenters. The predicted molar refractivity (Wildman–Crippen MR) is 104 cm³/mol. The van der Waals surface area contributed by atoms with Gasteiger partial charge in [-0.2, -0.15) is 5.10 Å². The van der Waals surface area contributed by atoms with E-state index in [0.29, 0.717) is 27.9 Å². The molecule has 7 nitrogen and oxygen atoms in total. The molecule has 0 saturated heterocycles. The molecule has 1 aromatic heterocycles. The fraction of sp³-hybridized carbons (Fsp3) is 0.250. The second-order valence-electron chi connectivity index (χ2n) is 7.02. The summed E-state index contributed by atoms with van der Waals surface area (Å²) in [7, 11) is 1.55. The fourth-order valence-electron chi connectivity index (χ4n) is 2.62. The molecule has 0 aliphatic carbocycles. The predicted octanol–water partition coefficient (Wildman–Crippen LogP) is 3.95. The first-order valence-corrected chi connectivity index (χ1v) is 8.44. The van der Waals surface area contributed by atoms with Crippen LogP contribution < -0.4 is 15.6 Å². The summed E-state index contributed by atoms with van der Waals surface area (Å²) in [5.41, 5.74) is 1.19. The lowest BCUT2D eigenvalue weighted by Gasteiger charge is -2.19. The van der Waals surface area contributed by atoms with E-state index in [4.69, 9.17) is 9.47 Å². The Morgan fingerprint density at radius 2 is 1.78 bits per heavy atom. The number of aromatic amines is 1. The van der Waals surface area contributed by atoms with Crippen molar-refractivity contribution >= 4 is 22.6 Å². The number of nitrogens with zero attached hydrogens (tertiary/aromatic N) is 1. The number of carbonyl (C=O) groups excluding carboxylic acids is 1. The third kappa shape index (κ3) is 4.25. The van der Waals surface area contributed by atoms with Crippen molar-refractivity contribution in [1.82, 2.24) is 10.2 Å². The highest BCUT2D eigenvalue weighted by atomic mass is 16.6. The Kier molecular flexibility index (Phi) is 4.85. The van der Waals surface area contributed by atoms with E-state index in [1.165, 1.54) is 0 Å². The minimum Gasteiger partial charge on any atom is -0.497 e. The van der Waals surface area contributed by atoms with Crippen molar-refractivity contribution in [2.24, 2.45) is 0 Å². The molecular weight excluding hydrogens is 346 g/mol. The summed E-state index contributed by atoms with van der Waals surface area (Å²) in [6, 6.07) is 12.4. The lowest BCUT2D eigenvalue weighted by atomic mass is 10.0. The molecule has 0 saturated carbocycles. The summed E-state index contributed by atoms with van der Waals surface area (Å²) in [6.07, 6.45) is -0.519. The van der Waals surface area contributed by atoms with E-state index in [1.807, 2.05) is 12.1 Å². The van der Waals surface area contributed by atoms with Gasteiger partial charge in [0.2, 0.25) is 0 Å². The zero-order chi connectivity index (χ0) is 19.6. The van der Waals surface area contributed by atoms with Gasteiger partial charge in [0, 0.05) is 16.6 Å². The number of nitrogens with one attached hydrogen (secondary N) is 2. The molecule has 1 amide bonds. The van der Waals surface area contributed by atoms with E-state index in [9.17, 15) is 9.59 Å². The van der Waals surface area contributed by atoms with Crippen LogP contribution in [0.5, 0.6) is 5.75 Å². The van der Waals surface area contributed by atoms with Gasteiger partial charge in [0.05, 0.1) is 18.2 Å². The lowest BCUT2D eigenvalue weighted by Crippen LogP contribution is -2.27. The van der Waals surface area contributed by atoms with Crippen molar-refractivity contribution in [3.63, 3.8) is 0 Å². The van der Waals surface area contributed by atoms with Gasteiger partial charge in [0.1, 0.15) is 11.4 Å². The molecule has 0 aliphatic rings. The van der Waals surface area contributed by atoms with E-state index in [1.54, 1.807) is 58.2 Å². The number of ether oxygens (including phenoxy) is 2. The van der Waals surface area contributed by atoms with Crippen LogP contribution in [-0.2, 0) is 4.74 Å². The third-order valence-electron chi connectivity index (χ3n) is 3.80. The van der Waals surface area contributed by atoms with Gasteiger partial charge in [-0.3, -0.25) is 10.1 Å². The first-order valence-electron chi connectivity index (χ1n) is 8.44. The molecule has 3 aromatic rings. The van der Waals surface area contributed by atoms with Crippen LogP contribution in [0.15, 0.2) is 47.3 Å². The van der Waals surface area contributed by atoms with Crippen molar-refractivity contribution in [2.45, 2.75) is 26.4 Å². The summed E-state index contributed by atoms with van der Waals surface area (Å²) in [5.74, 6) is 0.599. The van der Waals surface area contributed by atoms with Crippen molar-refractivity contribution in [3.05, 3.63) is 52.8 Å². The highest BCUT2D eigenvalue weighted by Gasteiger charge is 2.16. The zero-order valence-electron chi connectivity index (χ0n) is 15.6. The maximum Gasteiger partial charge on any atom is 0.412 e. The molecule has 140 valence electrons. The average molecular weight is 367 g/mol. The molecule has 0 unspecified atom stereocenters. The smallest absolute Gasteiger partial charge is 0.412 e. The number of amides is 1. The van der Waals surface area contributed by atoms with Gasteiger partial charge in [0.25, 0.3) is 5.56 Å². The van der Waals surface area contributed by atoms with Crippen LogP contribution in [0.25, 0.3) is 22.0 Å². The van der Waals surface area contributed by atoms with Crippen LogP contribution >= 0.6 is 0 Å². The summed E-state index contributed by atoms with van der Waals surface area (Å²) in [4.78, 5) is 23.9. The number of hydrogen-bond donors (Lipinski definition) is 2. The van der Waals surface area contributed by atoms with E-state index < -0.39 is 11.7 Å². The minimum atomic E-state index is -0.566. The van der Waals surface area contributed by atoms with E-state index in [0.717, 1.165) is 5.56 Å². The molecule has 2 aromatic carbocycles. The molecule has 3 rings (SSSR count). The molecule has 0 aliphatic heterocycles. The Morgan fingerprint density at radius 3 is 2.41 bits per heavy atom. The van der Waals surface area contributed by atoms with Gasteiger partial charge in [0.15, 0.2) is 0 Å². The molecule has 0 bridgehead atoms. The lowest BCUT2D eigenvalue weighted by molar-refractivity contribution is 0.0636. The van der Waals surface area contributed by atoms with Crippen LogP contribution in [0.4, 0.5) is 10.5 Å². The quantitative estimate of drug-likeness (QED) is 0.731. The van der Waals surface area contributed by atoms with Crippen LogP contribution in [0.1, 0.15) is 20.8 Å².